The predicted octanol–water partition coefficient (Wildman–Crippen LogP) is 2.07. The number of halogens is 1. The Bertz CT molecular complexity index is 74.9. The van der Waals surface area contributed by atoms with Crippen molar-refractivity contribution in [2.24, 2.45) is 5.92 Å². The van der Waals surface area contributed by atoms with E-state index in [1.807, 2.05) is 0 Å². The summed E-state index contributed by atoms with van der Waals surface area (Å²) < 4.78 is 2.38. The van der Waals surface area contributed by atoms with Crippen LogP contribution < -0.4 is 0 Å². The highest BCUT2D eigenvalue weighted by Gasteiger charge is 2.17. The molecule has 0 amide bonds. The van der Waals surface area contributed by atoms with Crippen LogP contribution in [0.3, 0.4) is 0 Å². The number of hydrogen-bond acceptors (Lipinski definition) is 1. The minimum atomic E-state index is 0.992. The van der Waals surface area contributed by atoms with E-state index in [-0.39, 0.29) is 0 Å². The van der Waals surface area contributed by atoms with Crippen molar-refractivity contribution in [1.29, 1.82) is 0 Å². The zero-order valence-corrected chi connectivity index (χ0v) is 7.39. The number of rotatable bonds is 1. The Balaban J connectivity index is 2.22. The van der Waals surface area contributed by atoms with Gasteiger partial charge in [-0.1, -0.05) is 13.3 Å². The molecule has 0 radical (unpaired) electrons. The molecule has 0 spiro atoms. The first-order chi connectivity index (χ1) is 3.83. The van der Waals surface area contributed by atoms with Crippen molar-refractivity contribution in [2.45, 2.75) is 19.8 Å². The summed E-state index contributed by atoms with van der Waals surface area (Å²) in [4.78, 5) is 0. The molecule has 0 aromatic rings. The van der Waals surface area contributed by atoms with Gasteiger partial charge in [0.2, 0.25) is 0 Å². The maximum atomic E-state index is 2.40. The zero-order valence-electron chi connectivity index (χ0n) is 5.23. The number of hydrogen-bond donors (Lipinski definition) is 0. The van der Waals surface area contributed by atoms with Crippen LogP contribution in [0, 0.1) is 5.92 Å². The summed E-state index contributed by atoms with van der Waals surface area (Å²) in [7, 11) is 0. The fraction of sp³-hybridized carbons (Fsp3) is 1.00. The van der Waals surface area contributed by atoms with Gasteiger partial charge in [0.1, 0.15) is 0 Å². The molecule has 1 aliphatic heterocycles. The van der Waals surface area contributed by atoms with E-state index in [4.69, 9.17) is 0 Å². The second-order valence-electron chi connectivity index (χ2n) is 2.43. The first-order valence-electron chi connectivity index (χ1n) is 3.23. The van der Waals surface area contributed by atoms with Crippen LogP contribution in [0.1, 0.15) is 19.8 Å². The molecule has 1 fully saturated rings. The van der Waals surface area contributed by atoms with Crippen molar-refractivity contribution in [1.82, 2.24) is 3.11 Å². The Morgan fingerprint density at radius 2 is 2.50 bits per heavy atom. The molecule has 2 heteroatoms. The quantitative estimate of drug-likeness (QED) is 0.487. The Morgan fingerprint density at radius 1 is 1.75 bits per heavy atom. The molecule has 8 heavy (non-hydrogen) atoms. The van der Waals surface area contributed by atoms with Crippen molar-refractivity contribution in [2.75, 3.05) is 13.1 Å². The van der Waals surface area contributed by atoms with Crippen LogP contribution in [0.2, 0.25) is 0 Å². The van der Waals surface area contributed by atoms with E-state index < -0.39 is 0 Å². The molecule has 0 aromatic heterocycles. The van der Waals surface area contributed by atoms with Crippen LogP contribution in [-0.2, 0) is 0 Å². The molecule has 1 rings (SSSR count). The predicted molar refractivity (Wildman–Crippen MR) is 44.0 cm³/mol. The van der Waals surface area contributed by atoms with Crippen LogP contribution >= 0.6 is 22.9 Å². The minimum absolute atomic E-state index is 0.992. The summed E-state index contributed by atoms with van der Waals surface area (Å²) in [6.45, 7) is 4.90. The van der Waals surface area contributed by atoms with Crippen LogP contribution in [0.25, 0.3) is 0 Å². The van der Waals surface area contributed by atoms with Crippen LogP contribution in [0.5, 0.6) is 0 Å². The summed E-state index contributed by atoms with van der Waals surface area (Å²) >= 11 is 2.40. The molecule has 0 bridgehead atoms. The first kappa shape index (κ1) is 6.81. The SMILES string of the molecule is CC[C@@H]1CCN(I)C1. The highest BCUT2D eigenvalue weighted by molar-refractivity contribution is 14.1. The molecular formula is C6H12IN. The molecule has 1 heterocycles. The molecule has 1 aliphatic rings. The third-order valence-electron chi connectivity index (χ3n) is 1.81. The van der Waals surface area contributed by atoms with Crippen molar-refractivity contribution in [3.05, 3.63) is 0 Å². The fourth-order valence-corrected chi connectivity index (χ4v) is 1.95. The summed E-state index contributed by atoms with van der Waals surface area (Å²) in [5, 5.41) is 0. The average molecular weight is 225 g/mol. The Hall–Kier alpha value is 0.690. The summed E-state index contributed by atoms with van der Waals surface area (Å²) in [5.41, 5.74) is 0. The maximum Gasteiger partial charge on any atom is 0.0201 e. The van der Waals surface area contributed by atoms with Crippen LogP contribution in [0.15, 0.2) is 0 Å². The van der Waals surface area contributed by atoms with Crippen LogP contribution in [-0.4, -0.2) is 16.2 Å². The minimum Gasteiger partial charge on any atom is -0.247 e. The van der Waals surface area contributed by atoms with Gasteiger partial charge in [0.25, 0.3) is 0 Å². The van der Waals surface area contributed by atoms with Gasteiger partial charge >= 0.3 is 0 Å². The van der Waals surface area contributed by atoms with E-state index >= 15 is 0 Å². The van der Waals surface area contributed by atoms with Gasteiger partial charge in [-0.25, -0.2) is 3.11 Å². The standard InChI is InChI=1S/C6H12IN/c1-2-6-3-4-8(7)5-6/h6H,2-5H2,1H3/t6-/m1/s1. The van der Waals surface area contributed by atoms with Crippen molar-refractivity contribution in [3.8, 4) is 0 Å². The highest BCUT2D eigenvalue weighted by atomic mass is 127. The molecule has 0 unspecified atom stereocenters. The molecule has 1 nitrogen and oxygen atoms in total. The lowest BCUT2D eigenvalue weighted by atomic mass is 10.1. The van der Waals surface area contributed by atoms with E-state index in [1.165, 1.54) is 25.9 Å². The fourth-order valence-electron chi connectivity index (χ4n) is 1.12. The van der Waals surface area contributed by atoms with Gasteiger partial charge in [-0.2, -0.15) is 0 Å². The smallest absolute Gasteiger partial charge is 0.0201 e. The van der Waals surface area contributed by atoms with Crippen molar-refractivity contribution >= 4 is 22.9 Å². The van der Waals surface area contributed by atoms with Gasteiger partial charge < -0.3 is 0 Å². The van der Waals surface area contributed by atoms with Gasteiger partial charge in [-0.3, -0.25) is 0 Å². The number of nitrogens with zero attached hydrogens (tertiary/aromatic N) is 1. The lowest BCUT2D eigenvalue weighted by Gasteiger charge is -2.03. The molecule has 0 aliphatic carbocycles. The van der Waals surface area contributed by atoms with Gasteiger partial charge in [0.15, 0.2) is 0 Å². The van der Waals surface area contributed by atoms with E-state index in [0.29, 0.717) is 0 Å². The van der Waals surface area contributed by atoms with Crippen LogP contribution in [0.4, 0.5) is 0 Å². The van der Waals surface area contributed by atoms with E-state index in [1.54, 1.807) is 0 Å². The molecule has 0 aromatic carbocycles. The van der Waals surface area contributed by atoms with Crippen molar-refractivity contribution < 1.29 is 0 Å². The summed E-state index contributed by atoms with van der Waals surface area (Å²) in [6.07, 6.45) is 2.78. The Morgan fingerprint density at radius 3 is 2.75 bits per heavy atom. The van der Waals surface area contributed by atoms with Gasteiger partial charge in [0.05, 0.1) is 0 Å². The van der Waals surface area contributed by atoms with Gasteiger partial charge in [-0.15, -0.1) is 0 Å². The molecular weight excluding hydrogens is 213 g/mol. The Kier molecular flexibility index (Phi) is 2.56. The first-order valence-corrected chi connectivity index (χ1v) is 4.20. The van der Waals surface area contributed by atoms with Crippen molar-refractivity contribution in [3.63, 3.8) is 0 Å². The summed E-state index contributed by atoms with van der Waals surface area (Å²) in [6, 6.07) is 0. The molecule has 48 valence electrons. The Labute approximate surface area is 64.9 Å². The second-order valence-corrected chi connectivity index (χ2v) is 3.80. The third kappa shape index (κ3) is 1.58. The molecule has 1 atom stereocenters. The monoisotopic (exact) mass is 225 g/mol. The molecule has 0 saturated carbocycles. The van der Waals surface area contributed by atoms with Gasteiger partial charge in [-0.05, 0) is 12.3 Å². The topological polar surface area (TPSA) is 3.24 Å². The molecule has 0 N–H and O–H groups in total. The summed E-state index contributed by atoms with van der Waals surface area (Å²) in [5.74, 6) is 0.992. The maximum absolute atomic E-state index is 2.40. The zero-order chi connectivity index (χ0) is 5.98. The second kappa shape index (κ2) is 3.01. The van der Waals surface area contributed by atoms with E-state index in [2.05, 4.69) is 32.9 Å². The lowest BCUT2D eigenvalue weighted by molar-refractivity contribution is 0.530. The third-order valence-corrected chi connectivity index (χ3v) is 2.69. The normalized spacial score (nSPS) is 31.5. The average Bonchev–Trinajstić information content (AvgIpc) is 2.14. The van der Waals surface area contributed by atoms with Gasteiger partial charge in [0, 0.05) is 36.0 Å². The molecule has 1 saturated heterocycles. The van der Waals surface area contributed by atoms with E-state index in [9.17, 15) is 0 Å². The van der Waals surface area contributed by atoms with E-state index in [0.717, 1.165) is 5.92 Å². The lowest BCUT2D eigenvalue weighted by Crippen LogP contribution is -2.05. The highest BCUT2D eigenvalue weighted by Crippen LogP contribution is 2.21. The largest absolute Gasteiger partial charge is 0.247 e.